The fourth-order valence-corrected chi connectivity index (χ4v) is 2.82. The third-order valence-electron chi connectivity index (χ3n) is 4.05. The normalized spacial score (nSPS) is 13.8. The number of carbonyl (C=O) groups is 1. The molecule has 1 aliphatic heterocycles. The third kappa shape index (κ3) is 4.65. The van der Waals surface area contributed by atoms with Crippen LogP contribution in [0.3, 0.4) is 0 Å². The molecule has 7 heteroatoms. The van der Waals surface area contributed by atoms with E-state index in [4.69, 9.17) is 0 Å². The number of nitrogens with one attached hydrogen (secondary N) is 2. The van der Waals surface area contributed by atoms with Gasteiger partial charge in [-0.3, -0.25) is 4.79 Å². The van der Waals surface area contributed by atoms with Crippen LogP contribution in [-0.2, 0) is 0 Å². The number of aromatic nitrogens is 2. The molecule has 2 aromatic rings. The minimum atomic E-state index is -0.423. The first-order valence-corrected chi connectivity index (χ1v) is 8.50. The maximum atomic E-state index is 13.1. The Morgan fingerprint density at radius 3 is 2.76 bits per heavy atom. The van der Waals surface area contributed by atoms with Crippen LogP contribution in [0.5, 0.6) is 0 Å². The van der Waals surface area contributed by atoms with Gasteiger partial charge in [0.1, 0.15) is 11.6 Å². The molecule has 1 amide bonds. The molecule has 0 unspecified atom stereocenters. The summed E-state index contributed by atoms with van der Waals surface area (Å²) in [6.07, 6.45) is 2.38. The van der Waals surface area contributed by atoms with Gasteiger partial charge in [-0.1, -0.05) is 6.07 Å². The van der Waals surface area contributed by atoms with E-state index in [1.54, 1.807) is 6.07 Å². The molecular formula is C18H22FN5O. The molecule has 1 fully saturated rings. The number of nitrogens with zero attached hydrogens (tertiary/aromatic N) is 3. The molecule has 6 nitrogen and oxygen atoms in total. The highest BCUT2D eigenvalue weighted by molar-refractivity contribution is 5.94. The SMILES string of the molecule is Cc1cc(N2CCCC2)nc(NCCNC(=O)c2cccc(F)c2)n1. The van der Waals surface area contributed by atoms with Crippen LogP contribution in [0.4, 0.5) is 16.2 Å². The molecule has 0 aliphatic carbocycles. The molecule has 25 heavy (non-hydrogen) atoms. The van der Waals surface area contributed by atoms with Crippen molar-refractivity contribution in [1.82, 2.24) is 15.3 Å². The molecule has 1 aromatic carbocycles. The van der Waals surface area contributed by atoms with Crippen molar-refractivity contribution in [3.8, 4) is 0 Å². The van der Waals surface area contributed by atoms with E-state index >= 15 is 0 Å². The summed E-state index contributed by atoms with van der Waals surface area (Å²) < 4.78 is 13.1. The van der Waals surface area contributed by atoms with Crippen molar-refractivity contribution < 1.29 is 9.18 Å². The van der Waals surface area contributed by atoms with Gasteiger partial charge in [0.15, 0.2) is 0 Å². The van der Waals surface area contributed by atoms with Gasteiger partial charge in [-0.25, -0.2) is 9.37 Å². The lowest BCUT2D eigenvalue weighted by atomic mass is 10.2. The number of aryl methyl sites for hydroxylation is 1. The zero-order valence-corrected chi connectivity index (χ0v) is 14.3. The standard InChI is InChI=1S/C18H22FN5O/c1-13-11-16(24-9-2-3-10-24)23-18(22-13)21-8-7-20-17(25)14-5-4-6-15(19)12-14/h4-6,11-12H,2-3,7-10H2,1H3,(H,20,25)(H,21,22,23). The highest BCUT2D eigenvalue weighted by Crippen LogP contribution is 2.19. The zero-order valence-electron chi connectivity index (χ0n) is 14.3. The number of rotatable bonds is 6. The molecule has 1 aromatic heterocycles. The predicted octanol–water partition coefficient (Wildman–Crippen LogP) is 2.37. The summed E-state index contributed by atoms with van der Waals surface area (Å²) in [6, 6.07) is 7.61. The number of hydrogen-bond donors (Lipinski definition) is 2. The molecule has 0 spiro atoms. The van der Waals surface area contributed by atoms with Crippen molar-refractivity contribution in [1.29, 1.82) is 0 Å². The fraction of sp³-hybridized carbons (Fsp3) is 0.389. The van der Waals surface area contributed by atoms with Crippen LogP contribution in [0.15, 0.2) is 30.3 Å². The van der Waals surface area contributed by atoms with Crippen LogP contribution < -0.4 is 15.5 Å². The molecule has 3 rings (SSSR count). The van der Waals surface area contributed by atoms with Gasteiger partial charge in [-0.15, -0.1) is 0 Å². The Hall–Kier alpha value is -2.70. The van der Waals surface area contributed by atoms with Crippen molar-refractivity contribution in [2.75, 3.05) is 36.4 Å². The van der Waals surface area contributed by atoms with Crippen LogP contribution in [-0.4, -0.2) is 42.1 Å². The molecule has 132 valence electrons. The van der Waals surface area contributed by atoms with Gasteiger partial charge < -0.3 is 15.5 Å². The Bertz CT molecular complexity index is 746. The second-order valence-corrected chi connectivity index (χ2v) is 6.08. The van der Waals surface area contributed by atoms with Crippen molar-refractivity contribution >= 4 is 17.7 Å². The molecular weight excluding hydrogens is 321 g/mol. The first-order valence-electron chi connectivity index (χ1n) is 8.50. The van der Waals surface area contributed by atoms with Gasteiger partial charge in [0.05, 0.1) is 0 Å². The van der Waals surface area contributed by atoms with E-state index in [-0.39, 0.29) is 5.91 Å². The number of halogens is 1. The largest absolute Gasteiger partial charge is 0.356 e. The highest BCUT2D eigenvalue weighted by Gasteiger charge is 2.15. The monoisotopic (exact) mass is 343 g/mol. The van der Waals surface area contributed by atoms with Crippen molar-refractivity contribution in [3.63, 3.8) is 0 Å². The maximum Gasteiger partial charge on any atom is 0.251 e. The van der Waals surface area contributed by atoms with Gasteiger partial charge in [0.2, 0.25) is 5.95 Å². The van der Waals surface area contributed by atoms with E-state index in [0.717, 1.165) is 24.6 Å². The second-order valence-electron chi connectivity index (χ2n) is 6.08. The quantitative estimate of drug-likeness (QED) is 0.788. The van der Waals surface area contributed by atoms with E-state index in [2.05, 4.69) is 25.5 Å². The maximum absolute atomic E-state index is 13.1. The van der Waals surface area contributed by atoms with Gasteiger partial charge in [0.25, 0.3) is 5.91 Å². The average Bonchev–Trinajstić information content (AvgIpc) is 3.13. The number of benzene rings is 1. The van der Waals surface area contributed by atoms with E-state index in [9.17, 15) is 9.18 Å². The van der Waals surface area contributed by atoms with Crippen LogP contribution in [0.2, 0.25) is 0 Å². The van der Waals surface area contributed by atoms with E-state index < -0.39 is 5.82 Å². The number of amides is 1. The van der Waals surface area contributed by atoms with Crippen LogP contribution in [0.25, 0.3) is 0 Å². The molecule has 0 radical (unpaired) electrons. The summed E-state index contributed by atoms with van der Waals surface area (Å²) in [6.45, 7) is 4.88. The van der Waals surface area contributed by atoms with Crippen LogP contribution in [0.1, 0.15) is 28.9 Å². The molecule has 2 heterocycles. The summed E-state index contributed by atoms with van der Waals surface area (Å²) >= 11 is 0. The number of anilines is 2. The molecule has 0 bridgehead atoms. The Morgan fingerprint density at radius 1 is 1.20 bits per heavy atom. The summed E-state index contributed by atoms with van der Waals surface area (Å²) in [5.74, 6) is 0.774. The summed E-state index contributed by atoms with van der Waals surface area (Å²) in [4.78, 5) is 23.1. The Kier molecular flexibility index (Phi) is 5.42. The smallest absolute Gasteiger partial charge is 0.251 e. The Labute approximate surface area is 146 Å². The van der Waals surface area contributed by atoms with Gasteiger partial charge >= 0.3 is 0 Å². The predicted molar refractivity (Wildman–Crippen MR) is 95.4 cm³/mol. The van der Waals surface area contributed by atoms with Gasteiger partial charge in [-0.05, 0) is 38.0 Å². The van der Waals surface area contributed by atoms with Gasteiger partial charge in [-0.2, -0.15) is 4.98 Å². The Balaban J connectivity index is 1.51. The van der Waals surface area contributed by atoms with Crippen LogP contribution in [0, 0.1) is 12.7 Å². The van der Waals surface area contributed by atoms with E-state index in [0.29, 0.717) is 24.6 Å². The summed E-state index contributed by atoms with van der Waals surface area (Å²) in [7, 11) is 0. The zero-order chi connectivity index (χ0) is 17.6. The number of carbonyl (C=O) groups excluding carboxylic acids is 1. The van der Waals surface area contributed by atoms with Gasteiger partial charge in [0, 0.05) is 43.5 Å². The second kappa shape index (κ2) is 7.92. The van der Waals surface area contributed by atoms with Crippen molar-refractivity contribution in [3.05, 3.63) is 47.4 Å². The third-order valence-corrected chi connectivity index (χ3v) is 4.05. The minimum Gasteiger partial charge on any atom is -0.356 e. The summed E-state index contributed by atoms with van der Waals surface area (Å²) in [5, 5.41) is 5.88. The summed E-state index contributed by atoms with van der Waals surface area (Å²) in [5.41, 5.74) is 1.21. The molecule has 0 atom stereocenters. The van der Waals surface area contributed by atoms with Crippen molar-refractivity contribution in [2.45, 2.75) is 19.8 Å². The first kappa shape index (κ1) is 17.1. The van der Waals surface area contributed by atoms with E-state index in [1.165, 1.54) is 31.0 Å². The first-order chi connectivity index (χ1) is 12.1. The Morgan fingerprint density at radius 2 is 2.00 bits per heavy atom. The minimum absolute atomic E-state index is 0.302. The molecule has 0 saturated carbocycles. The lowest BCUT2D eigenvalue weighted by molar-refractivity contribution is 0.0954. The lowest BCUT2D eigenvalue weighted by Crippen LogP contribution is -2.29. The topological polar surface area (TPSA) is 70.2 Å². The van der Waals surface area contributed by atoms with Crippen molar-refractivity contribution in [2.24, 2.45) is 0 Å². The highest BCUT2D eigenvalue weighted by atomic mass is 19.1. The number of hydrogen-bond acceptors (Lipinski definition) is 5. The lowest BCUT2D eigenvalue weighted by Gasteiger charge is -2.17. The van der Waals surface area contributed by atoms with E-state index in [1.807, 2.05) is 13.0 Å². The molecule has 1 saturated heterocycles. The fourth-order valence-electron chi connectivity index (χ4n) is 2.82. The molecule has 1 aliphatic rings. The van der Waals surface area contributed by atoms with Crippen LogP contribution >= 0.6 is 0 Å². The molecule has 2 N–H and O–H groups in total. The average molecular weight is 343 g/mol.